The van der Waals surface area contributed by atoms with Crippen molar-refractivity contribution in [3.8, 4) is 0 Å². The minimum absolute atomic E-state index is 0.00584. The van der Waals surface area contributed by atoms with Crippen LogP contribution in [-0.2, 0) is 26.3 Å². The average molecular weight is 518 g/mol. The molecule has 0 spiro atoms. The summed E-state index contributed by atoms with van der Waals surface area (Å²) < 4.78 is 10.4. The van der Waals surface area contributed by atoms with E-state index in [0.717, 1.165) is 41.8 Å². The number of hydrogen-bond acceptors (Lipinski definition) is 5. The molecule has 2 heterocycles. The molecule has 8 heteroatoms. The summed E-state index contributed by atoms with van der Waals surface area (Å²) in [5.41, 5.74) is 3.80. The van der Waals surface area contributed by atoms with Gasteiger partial charge in [0, 0.05) is 42.4 Å². The third-order valence-corrected chi connectivity index (χ3v) is 7.08. The van der Waals surface area contributed by atoms with E-state index in [4.69, 9.17) is 9.15 Å². The maximum Gasteiger partial charge on any atom is 0.412 e. The molecule has 0 fully saturated rings. The molecule has 1 unspecified atom stereocenters. The van der Waals surface area contributed by atoms with Gasteiger partial charge >= 0.3 is 6.09 Å². The first-order chi connectivity index (χ1) is 18.3. The molecule has 3 amide bonds. The van der Waals surface area contributed by atoms with Gasteiger partial charge in [-0.15, -0.1) is 0 Å². The van der Waals surface area contributed by atoms with Crippen LogP contribution in [0, 0.1) is 0 Å². The lowest BCUT2D eigenvalue weighted by Crippen LogP contribution is -2.41. The second-order valence-electron chi connectivity index (χ2n) is 9.85. The number of carbonyl (C=O) groups is 3. The van der Waals surface area contributed by atoms with Crippen molar-refractivity contribution in [1.82, 2.24) is 0 Å². The van der Waals surface area contributed by atoms with Crippen LogP contribution in [0.2, 0.25) is 0 Å². The lowest BCUT2D eigenvalue weighted by atomic mass is 9.70. The van der Waals surface area contributed by atoms with E-state index in [2.05, 4.69) is 24.5 Å². The first-order valence-corrected chi connectivity index (χ1v) is 13.1. The summed E-state index contributed by atoms with van der Waals surface area (Å²) in [6.07, 6.45) is 5.10. The summed E-state index contributed by atoms with van der Waals surface area (Å²) in [5.74, 6) is 0.543. The van der Waals surface area contributed by atoms with Crippen molar-refractivity contribution in [3.05, 3.63) is 77.7 Å². The maximum absolute atomic E-state index is 12.5. The Morgan fingerprint density at radius 1 is 1.03 bits per heavy atom. The van der Waals surface area contributed by atoms with Crippen LogP contribution in [0.15, 0.2) is 65.3 Å². The normalized spacial score (nSPS) is 16.4. The van der Waals surface area contributed by atoms with Crippen LogP contribution in [0.3, 0.4) is 0 Å². The molecule has 0 saturated carbocycles. The van der Waals surface area contributed by atoms with Gasteiger partial charge in [0.2, 0.25) is 11.8 Å². The van der Waals surface area contributed by atoms with Crippen molar-refractivity contribution in [2.24, 2.45) is 0 Å². The van der Waals surface area contributed by atoms with Crippen LogP contribution in [0.5, 0.6) is 0 Å². The van der Waals surface area contributed by atoms with E-state index in [1.54, 1.807) is 24.0 Å². The molecule has 2 aromatic carbocycles. The van der Waals surface area contributed by atoms with Gasteiger partial charge in [-0.1, -0.05) is 38.8 Å². The zero-order valence-electron chi connectivity index (χ0n) is 22.2. The minimum atomic E-state index is -0.570. The summed E-state index contributed by atoms with van der Waals surface area (Å²) in [4.78, 5) is 38.8. The molecule has 0 aliphatic carbocycles. The first kappa shape index (κ1) is 27.0. The SMILES string of the molecule is CCCCCC(=O)Nc1ccc2c(c1)C(C)(c1ccc(NC(=O)OCc3ccco3)cc1)CCN2C(C)=O. The highest BCUT2D eigenvalue weighted by Crippen LogP contribution is 2.45. The van der Waals surface area contributed by atoms with Crippen LogP contribution in [0.4, 0.5) is 21.9 Å². The van der Waals surface area contributed by atoms with E-state index in [9.17, 15) is 14.4 Å². The molecule has 1 aromatic heterocycles. The number of fused-ring (bicyclic) bond motifs is 1. The zero-order valence-corrected chi connectivity index (χ0v) is 22.2. The van der Waals surface area contributed by atoms with Crippen molar-refractivity contribution in [2.45, 2.75) is 64.9 Å². The van der Waals surface area contributed by atoms with E-state index >= 15 is 0 Å². The van der Waals surface area contributed by atoms with Crippen molar-refractivity contribution in [1.29, 1.82) is 0 Å². The maximum atomic E-state index is 12.5. The molecule has 38 heavy (non-hydrogen) atoms. The number of unbranched alkanes of at least 4 members (excludes halogenated alkanes) is 2. The number of rotatable bonds is 9. The molecule has 0 saturated heterocycles. The molecule has 3 aromatic rings. The molecular weight excluding hydrogens is 482 g/mol. The van der Waals surface area contributed by atoms with E-state index in [0.29, 0.717) is 30.8 Å². The predicted molar refractivity (Wildman–Crippen MR) is 147 cm³/mol. The Morgan fingerprint density at radius 3 is 2.47 bits per heavy atom. The summed E-state index contributed by atoms with van der Waals surface area (Å²) >= 11 is 0. The Balaban J connectivity index is 1.53. The second-order valence-corrected chi connectivity index (χ2v) is 9.85. The quantitative estimate of drug-likeness (QED) is 0.311. The van der Waals surface area contributed by atoms with Gasteiger partial charge < -0.3 is 19.4 Å². The molecule has 200 valence electrons. The van der Waals surface area contributed by atoms with Crippen LogP contribution in [0.25, 0.3) is 0 Å². The Labute approximate surface area is 223 Å². The van der Waals surface area contributed by atoms with Gasteiger partial charge in [0.25, 0.3) is 0 Å². The summed E-state index contributed by atoms with van der Waals surface area (Å²) in [5, 5.41) is 5.76. The molecular formula is C30H35N3O5. The van der Waals surface area contributed by atoms with E-state index in [1.165, 1.54) is 6.26 Å². The Kier molecular flexibility index (Phi) is 8.51. The fourth-order valence-corrected chi connectivity index (χ4v) is 4.87. The third-order valence-electron chi connectivity index (χ3n) is 7.08. The largest absolute Gasteiger partial charge is 0.466 e. The number of hydrogen-bond donors (Lipinski definition) is 2. The number of carbonyl (C=O) groups excluding carboxylic acids is 3. The number of ether oxygens (including phenoxy) is 1. The van der Waals surface area contributed by atoms with Gasteiger partial charge in [-0.25, -0.2) is 4.79 Å². The highest BCUT2D eigenvalue weighted by molar-refractivity contribution is 5.95. The lowest BCUT2D eigenvalue weighted by Gasteiger charge is -2.41. The molecule has 4 rings (SSSR count). The first-order valence-electron chi connectivity index (χ1n) is 13.1. The van der Waals surface area contributed by atoms with E-state index in [1.807, 2.05) is 42.5 Å². The number of furan rings is 1. The molecule has 8 nitrogen and oxygen atoms in total. The summed E-state index contributed by atoms with van der Waals surface area (Å²) in [6, 6.07) is 16.9. The number of nitrogens with zero attached hydrogens (tertiary/aromatic N) is 1. The monoisotopic (exact) mass is 517 g/mol. The molecule has 0 bridgehead atoms. The highest BCUT2D eigenvalue weighted by Gasteiger charge is 2.38. The van der Waals surface area contributed by atoms with Crippen LogP contribution in [0.1, 0.15) is 69.8 Å². The van der Waals surface area contributed by atoms with Crippen LogP contribution < -0.4 is 15.5 Å². The van der Waals surface area contributed by atoms with Crippen molar-refractivity contribution < 1.29 is 23.5 Å². The van der Waals surface area contributed by atoms with E-state index < -0.39 is 11.5 Å². The molecule has 1 aliphatic heterocycles. The predicted octanol–water partition coefficient (Wildman–Crippen LogP) is 6.61. The van der Waals surface area contributed by atoms with Gasteiger partial charge in [0.05, 0.1) is 6.26 Å². The minimum Gasteiger partial charge on any atom is -0.466 e. The summed E-state index contributed by atoms with van der Waals surface area (Å²) in [7, 11) is 0. The van der Waals surface area contributed by atoms with Crippen molar-refractivity contribution in [2.75, 3.05) is 22.1 Å². The summed E-state index contributed by atoms with van der Waals surface area (Å²) in [6.45, 7) is 6.47. The number of benzene rings is 2. The smallest absolute Gasteiger partial charge is 0.412 e. The fraction of sp³-hybridized carbons (Fsp3) is 0.367. The van der Waals surface area contributed by atoms with Crippen molar-refractivity contribution >= 4 is 35.0 Å². The third kappa shape index (κ3) is 6.25. The van der Waals surface area contributed by atoms with E-state index in [-0.39, 0.29) is 18.4 Å². The highest BCUT2D eigenvalue weighted by atomic mass is 16.6. The standard InChI is InChI=1S/C30H35N3O5/c1-4-5-6-9-28(35)31-24-14-15-27-26(19-24)30(3,16-17-33(27)21(2)34)22-10-12-23(13-11-22)32-29(36)38-20-25-8-7-18-37-25/h7-8,10-15,18-19H,4-6,9,16-17,20H2,1-3H3,(H,31,35)(H,32,36). The molecule has 1 aliphatic rings. The van der Waals surface area contributed by atoms with Gasteiger partial charge in [0.1, 0.15) is 5.76 Å². The topological polar surface area (TPSA) is 101 Å². The average Bonchev–Trinajstić information content (AvgIpc) is 3.42. The molecule has 0 radical (unpaired) electrons. The molecule has 2 N–H and O–H groups in total. The second kappa shape index (κ2) is 12.0. The Hall–Kier alpha value is -4.07. The van der Waals surface area contributed by atoms with Crippen LogP contribution >= 0.6 is 0 Å². The van der Waals surface area contributed by atoms with Crippen LogP contribution in [-0.4, -0.2) is 24.5 Å². The molecule has 1 atom stereocenters. The number of amides is 3. The van der Waals surface area contributed by atoms with Crippen molar-refractivity contribution in [3.63, 3.8) is 0 Å². The van der Waals surface area contributed by atoms with Gasteiger partial charge in [-0.2, -0.15) is 0 Å². The lowest BCUT2D eigenvalue weighted by molar-refractivity contribution is -0.117. The zero-order chi connectivity index (χ0) is 27.1. The number of nitrogens with one attached hydrogen (secondary N) is 2. The Bertz CT molecular complexity index is 1270. The fourth-order valence-electron chi connectivity index (χ4n) is 4.87. The van der Waals surface area contributed by atoms with Gasteiger partial charge in [-0.05, 0) is 66.4 Å². The van der Waals surface area contributed by atoms with Gasteiger partial charge in [0.15, 0.2) is 6.61 Å². The number of anilines is 3. The Morgan fingerprint density at radius 2 is 1.79 bits per heavy atom. The van der Waals surface area contributed by atoms with Gasteiger partial charge in [-0.3, -0.25) is 14.9 Å².